The second kappa shape index (κ2) is 5.86. The van der Waals surface area contributed by atoms with Gasteiger partial charge in [-0.1, -0.05) is 6.92 Å². The van der Waals surface area contributed by atoms with Gasteiger partial charge in [-0.05, 0) is 5.92 Å². The van der Waals surface area contributed by atoms with E-state index in [4.69, 9.17) is 0 Å². The van der Waals surface area contributed by atoms with Gasteiger partial charge in [-0.3, -0.25) is 0 Å². The SMILES string of the molecule is CC(CNc1cc(C(F)(F)F)nc2ncnn12)Cn1ccnc1. The molecule has 122 valence electrons. The van der Waals surface area contributed by atoms with Gasteiger partial charge in [-0.25, -0.2) is 9.97 Å². The maximum atomic E-state index is 12.9. The van der Waals surface area contributed by atoms with E-state index >= 15 is 0 Å². The van der Waals surface area contributed by atoms with Gasteiger partial charge in [-0.15, -0.1) is 0 Å². The van der Waals surface area contributed by atoms with E-state index in [0.29, 0.717) is 13.1 Å². The predicted octanol–water partition coefficient (Wildman–Crippen LogP) is 2.09. The zero-order valence-corrected chi connectivity index (χ0v) is 12.2. The minimum absolute atomic E-state index is 0.0930. The Bertz CT molecular complexity index is 779. The fraction of sp³-hybridized carbons (Fsp3) is 0.385. The van der Waals surface area contributed by atoms with Crippen LogP contribution in [0, 0.1) is 5.92 Å². The third-order valence-electron chi connectivity index (χ3n) is 3.26. The van der Waals surface area contributed by atoms with Crippen molar-refractivity contribution in [2.45, 2.75) is 19.6 Å². The third kappa shape index (κ3) is 3.41. The Balaban J connectivity index is 1.77. The minimum Gasteiger partial charge on any atom is -0.370 e. The molecule has 3 aromatic heterocycles. The predicted molar refractivity (Wildman–Crippen MR) is 75.7 cm³/mol. The van der Waals surface area contributed by atoms with Crippen LogP contribution >= 0.6 is 0 Å². The number of hydrogen-bond donors (Lipinski definition) is 1. The smallest absolute Gasteiger partial charge is 0.370 e. The lowest BCUT2D eigenvalue weighted by molar-refractivity contribution is -0.141. The molecule has 3 heterocycles. The average Bonchev–Trinajstić information content (AvgIpc) is 3.14. The van der Waals surface area contributed by atoms with Gasteiger partial charge in [-0.2, -0.15) is 27.8 Å². The highest BCUT2D eigenvalue weighted by atomic mass is 19.4. The summed E-state index contributed by atoms with van der Waals surface area (Å²) in [5.74, 6) is 0.284. The molecule has 1 N–H and O–H groups in total. The van der Waals surface area contributed by atoms with Crippen molar-refractivity contribution >= 4 is 11.6 Å². The molecular formula is C13H14F3N7. The van der Waals surface area contributed by atoms with Crippen LogP contribution in [-0.2, 0) is 12.7 Å². The fourth-order valence-electron chi connectivity index (χ4n) is 2.18. The second-order valence-electron chi connectivity index (χ2n) is 5.24. The molecule has 0 aliphatic carbocycles. The molecule has 0 saturated carbocycles. The van der Waals surface area contributed by atoms with Crippen molar-refractivity contribution in [2.24, 2.45) is 5.92 Å². The van der Waals surface area contributed by atoms with E-state index in [9.17, 15) is 13.2 Å². The first-order valence-electron chi connectivity index (χ1n) is 6.91. The Kier molecular flexibility index (Phi) is 3.89. The molecular weight excluding hydrogens is 311 g/mol. The molecule has 0 aromatic carbocycles. The molecule has 0 fully saturated rings. The number of hydrogen-bond acceptors (Lipinski definition) is 5. The largest absolute Gasteiger partial charge is 0.433 e. The summed E-state index contributed by atoms with van der Waals surface area (Å²) >= 11 is 0. The molecule has 3 rings (SSSR count). The number of fused-ring (bicyclic) bond motifs is 1. The standard InChI is InChI=1S/C13H14F3N7/c1-9(6-22-3-2-17-8-22)5-18-11-4-10(13(14,15)16)21-12-19-7-20-23(11)12/h2-4,7-9,18H,5-6H2,1H3. The van der Waals surface area contributed by atoms with Crippen LogP contribution < -0.4 is 5.32 Å². The molecule has 7 nitrogen and oxygen atoms in total. The number of imidazole rings is 1. The molecule has 1 atom stereocenters. The topological polar surface area (TPSA) is 72.9 Å². The molecule has 0 aliphatic rings. The molecule has 0 saturated heterocycles. The van der Waals surface area contributed by atoms with Gasteiger partial charge < -0.3 is 9.88 Å². The normalized spacial score (nSPS) is 13.4. The number of nitrogens with one attached hydrogen (secondary N) is 1. The van der Waals surface area contributed by atoms with Gasteiger partial charge in [0.2, 0.25) is 0 Å². The van der Waals surface area contributed by atoms with Crippen molar-refractivity contribution in [3.8, 4) is 0 Å². The van der Waals surface area contributed by atoms with E-state index in [2.05, 4.69) is 25.4 Å². The summed E-state index contributed by atoms with van der Waals surface area (Å²) in [5, 5.41) is 6.88. The minimum atomic E-state index is -4.54. The maximum absolute atomic E-state index is 12.9. The molecule has 1 unspecified atom stereocenters. The highest BCUT2D eigenvalue weighted by molar-refractivity contribution is 5.45. The van der Waals surface area contributed by atoms with E-state index < -0.39 is 11.9 Å². The summed E-state index contributed by atoms with van der Waals surface area (Å²) in [6.45, 7) is 3.15. The lowest BCUT2D eigenvalue weighted by Crippen LogP contribution is -2.19. The third-order valence-corrected chi connectivity index (χ3v) is 3.26. The van der Waals surface area contributed by atoms with Crippen LogP contribution in [-0.4, -0.2) is 35.7 Å². The van der Waals surface area contributed by atoms with Gasteiger partial charge in [0.05, 0.1) is 6.33 Å². The van der Waals surface area contributed by atoms with E-state index in [-0.39, 0.29) is 17.5 Å². The van der Waals surface area contributed by atoms with Crippen LogP contribution in [0.1, 0.15) is 12.6 Å². The number of alkyl halides is 3. The Morgan fingerprint density at radius 3 is 2.87 bits per heavy atom. The second-order valence-corrected chi connectivity index (χ2v) is 5.24. The molecule has 10 heteroatoms. The summed E-state index contributed by atoms with van der Waals surface area (Å²) in [5.41, 5.74) is -0.997. The Labute approximate surface area is 129 Å². The van der Waals surface area contributed by atoms with E-state index in [1.807, 2.05) is 17.7 Å². The van der Waals surface area contributed by atoms with Crippen LogP contribution in [0.4, 0.5) is 19.0 Å². The lowest BCUT2D eigenvalue weighted by atomic mass is 10.2. The van der Waals surface area contributed by atoms with Crippen molar-refractivity contribution in [3.05, 3.63) is 36.8 Å². The van der Waals surface area contributed by atoms with Crippen LogP contribution in [0.3, 0.4) is 0 Å². The first kappa shape index (κ1) is 15.3. The number of rotatable bonds is 5. The number of nitrogens with zero attached hydrogens (tertiary/aromatic N) is 6. The summed E-state index contributed by atoms with van der Waals surface area (Å²) in [6, 6.07) is 0.936. The van der Waals surface area contributed by atoms with Crippen molar-refractivity contribution < 1.29 is 13.2 Å². The Morgan fingerprint density at radius 1 is 1.35 bits per heavy atom. The van der Waals surface area contributed by atoms with Crippen molar-refractivity contribution in [3.63, 3.8) is 0 Å². The molecule has 0 amide bonds. The molecule has 23 heavy (non-hydrogen) atoms. The van der Waals surface area contributed by atoms with Crippen molar-refractivity contribution in [1.82, 2.24) is 29.1 Å². The Morgan fingerprint density at radius 2 is 2.17 bits per heavy atom. The van der Waals surface area contributed by atoms with Gasteiger partial charge in [0.25, 0.3) is 5.78 Å². The molecule has 0 bridgehead atoms. The molecule has 0 aliphatic heterocycles. The number of halogens is 3. The Hall–Kier alpha value is -2.65. The van der Waals surface area contributed by atoms with Gasteiger partial charge in [0.15, 0.2) is 5.69 Å². The average molecular weight is 325 g/mol. The van der Waals surface area contributed by atoms with Gasteiger partial charge in [0.1, 0.15) is 12.1 Å². The highest BCUT2D eigenvalue weighted by Crippen LogP contribution is 2.29. The number of anilines is 1. The summed E-state index contributed by atoms with van der Waals surface area (Å²) < 4.78 is 41.8. The van der Waals surface area contributed by atoms with Gasteiger partial charge >= 0.3 is 6.18 Å². The van der Waals surface area contributed by atoms with Gasteiger partial charge in [0, 0.05) is 31.5 Å². The van der Waals surface area contributed by atoms with Crippen LogP contribution in [0.2, 0.25) is 0 Å². The quantitative estimate of drug-likeness (QED) is 0.777. The molecule has 3 aromatic rings. The first-order chi connectivity index (χ1) is 10.9. The summed E-state index contributed by atoms with van der Waals surface area (Å²) in [7, 11) is 0. The zero-order chi connectivity index (χ0) is 16.4. The van der Waals surface area contributed by atoms with Crippen LogP contribution in [0.25, 0.3) is 5.78 Å². The monoisotopic (exact) mass is 325 g/mol. The maximum Gasteiger partial charge on any atom is 0.433 e. The number of aromatic nitrogens is 6. The van der Waals surface area contributed by atoms with E-state index in [1.165, 1.54) is 10.8 Å². The molecule has 0 spiro atoms. The van der Waals surface area contributed by atoms with E-state index in [1.54, 1.807) is 12.5 Å². The van der Waals surface area contributed by atoms with Crippen molar-refractivity contribution in [1.29, 1.82) is 0 Å². The van der Waals surface area contributed by atoms with Crippen molar-refractivity contribution in [2.75, 3.05) is 11.9 Å². The molecule has 0 radical (unpaired) electrons. The van der Waals surface area contributed by atoms with Crippen LogP contribution in [0.15, 0.2) is 31.1 Å². The lowest BCUT2D eigenvalue weighted by Gasteiger charge is -2.15. The van der Waals surface area contributed by atoms with E-state index in [0.717, 1.165) is 6.07 Å². The fourth-order valence-corrected chi connectivity index (χ4v) is 2.18. The first-order valence-corrected chi connectivity index (χ1v) is 6.91. The zero-order valence-electron chi connectivity index (χ0n) is 12.2. The highest BCUT2D eigenvalue weighted by Gasteiger charge is 2.34. The summed E-state index contributed by atoms with van der Waals surface area (Å²) in [6.07, 6.45) is 1.84. The summed E-state index contributed by atoms with van der Waals surface area (Å²) in [4.78, 5) is 11.1. The van der Waals surface area contributed by atoms with Crippen LogP contribution in [0.5, 0.6) is 0 Å².